The van der Waals surface area contributed by atoms with Crippen LogP contribution in [0.25, 0.3) is 33.3 Å². The molecule has 2 aliphatic heterocycles. The van der Waals surface area contributed by atoms with Crippen molar-refractivity contribution in [2.24, 2.45) is 0 Å². The molecule has 0 spiro atoms. The minimum atomic E-state index is -0.434. The number of piperidine rings is 1. The number of oxazole rings is 1. The number of nitrogen functional groups attached to an aromatic ring is 1. The average Bonchev–Trinajstić information content (AvgIpc) is 3.79. The number of nitrogens with two attached hydrogens (primary N) is 1. The summed E-state index contributed by atoms with van der Waals surface area (Å²) in [6.45, 7) is 4.11. The molecule has 3 N–H and O–H groups in total. The first-order valence-corrected chi connectivity index (χ1v) is 15.1. The number of carbonyl (C=O) groups excluding carboxylic acids is 2. The van der Waals surface area contributed by atoms with Crippen molar-refractivity contribution in [3.8, 4) is 11.1 Å². The van der Waals surface area contributed by atoms with Crippen LogP contribution in [0.5, 0.6) is 0 Å². The second kappa shape index (κ2) is 11.9. The third kappa shape index (κ3) is 5.53. The van der Waals surface area contributed by atoms with Gasteiger partial charge in [-0.1, -0.05) is 48.9 Å². The smallest absolute Gasteiger partial charge is 0.302 e. The molecule has 5 aromatic rings. The minimum Gasteiger partial charge on any atom is -0.423 e. The summed E-state index contributed by atoms with van der Waals surface area (Å²) in [6, 6.07) is 15.7. The third-order valence-electron chi connectivity index (χ3n) is 8.54. The van der Waals surface area contributed by atoms with E-state index >= 15 is 0 Å². The van der Waals surface area contributed by atoms with E-state index in [0.717, 1.165) is 37.2 Å². The molecule has 2 saturated heterocycles. The number of aromatic nitrogens is 4. The Morgan fingerprint density at radius 3 is 2.70 bits per heavy atom. The van der Waals surface area contributed by atoms with Crippen LogP contribution in [0.15, 0.2) is 77.6 Å². The van der Waals surface area contributed by atoms with Crippen molar-refractivity contribution in [1.29, 1.82) is 0 Å². The van der Waals surface area contributed by atoms with Crippen LogP contribution in [0.3, 0.4) is 0 Å². The topological polar surface area (TPSA) is 135 Å². The maximum absolute atomic E-state index is 13.6. The number of hydrogen-bond acceptors (Lipinski definition) is 8. The Morgan fingerprint density at radius 1 is 1.02 bits per heavy atom. The molecule has 2 amide bonds. The predicted molar refractivity (Wildman–Crippen MR) is 169 cm³/mol. The zero-order valence-electron chi connectivity index (χ0n) is 24.4. The molecule has 2 aromatic carbocycles. The van der Waals surface area contributed by atoms with Gasteiger partial charge in [0.2, 0.25) is 5.91 Å². The van der Waals surface area contributed by atoms with Gasteiger partial charge in [-0.3, -0.25) is 19.8 Å². The van der Waals surface area contributed by atoms with Crippen LogP contribution in [0.1, 0.15) is 42.1 Å². The lowest BCUT2D eigenvalue weighted by Crippen LogP contribution is -2.30. The van der Waals surface area contributed by atoms with Crippen LogP contribution in [-0.4, -0.2) is 73.9 Å². The molecule has 2 fully saturated rings. The van der Waals surface area contributed by atoms with Crippen LogP contribution in [0.2, 0.25) is 0 Å². The molecule has 1 unspecified atom stereocenters. The molecule has 11 nitrogen and oxygen atoms in total. The van der Waals surface area contributed by atoms with Crippen LogP contribution in [-0.2, 0) is 4.79 Å². The van der Waals surface area contributed by atoms with E-state index in [-0.39, 0.29) is 23.8 Å². The number of likely N-dealkylation sites (tertiary alicyclic amines) is 2. The molecule has 44 heavy (non-hydrogen) atoms. The maximum atomic E-state index is 13.6. The summed E-state index contributed by atoms with van der Waals surface area (Å²) >= 11 is 0. The zero-order valence-corrected chi connectivity index (χ0v) is 24.4. The summed E-state index contributed by atoms with van der Waals surface area (Å²) in [5, 5.41) is 3.25. The normalized spacial score (nSPS) is 17.6. The molecule has 1 atom stereocenters. The standard InChI is InChI=1S/C33H34N8O3/c34-30-29-25(32(43)38-33-37-26-18-23(11-12-27(26)44-33)22-8-3-1-4-9-22)20-41(31(29)36-21-35-30)24-13-17-40(19-24)28(42)10-7-16-39-14-5-2-6-15-39/h1,3-4,7-12,18,20-21,24H,2,5-6,13-17,19H2,(H2,34,35,36)(H,37,38,43)/b10-7+. The molecule has 0 aliphatic carbocycles. The van der Waals surface area contributed by atoms with Crippen molar-refractivity contribution >= 4 is 45.8 Å². The largest absolute Gasteiger partial charge is 0.423 e. The average molecular weight is 591 g/mol. The molecule has 2 aliphatic rings. The second-order valence-corrected chi connectivity index (χ2v) is 11.4. The van der Waals surface area contributed by atoms with Gasteiger partial charge >= 0.3 is 6.01 Å². The fraction of sp³-hybridized carbons (Fsp3) is 0.303. The third-order valence-corrected chi connectivity index (χ3v) is 8.54. The van der Waals surface area contributed by atoms with Gasteiger partial charge in [0.05, 0.1) is 17.0 Å². The van der Waals surface area contributed by atoms with Gasteiger partial charge in [-0.15, -0.1) is 0 Å². The fourth-order valence-corrected chi connectivity index (χ4v) is 6.23. The molecule has 0 radical (unpaired) electrons. The van der Waals surface area contributed by atoms with Gasteiger partial charge in [0.25, 0.3) is 5.91 Å². The van der Waals surface area contributed by atoms with Crippen LogP contribution < -0.4 is 11.1 Å². The lowest BCUT2D eigenvalue weighted by Gasteiger charge is -2.24. The Hall–Kier alpha value is -5.03. The van der Waals surface area contributed by atoms with Crippen molar-refractivity contribution in [3.05, 3.63) is 78.8 Å². The highest BCUT2D eigenvalue weighted by atomic mass is 16.4. The minimum absolute atomic E-state index is 0.000501. The van der Waals surface area contributed by atoms with Crippen molar-refractivity contribution in [2.45, 2.75) is 31.7 Å². The highest BCUT2D eigenvalue weighted by Crippen LogP contribution is 2.32. The maximum Gasteiger partial charge on any atom is 0.302 e. The zero-order chi connectivity index (χ0) is 30.0. The first-order chi connectivity index (χ1) is 21.5. The molecule has 11 heteroatoms. The van der Waals surface area contributed by atoms with Gasteiger partial charge in [-0.05, 0) is 55.6 Å². The van der Waals surface area contributed by atoms with E-state index in [2.05, 4.69) is 25.2 Å². The van der Waals surface area contributed by atoms with E-state index < -0.39 is 5.91 Å². The number of anilines is 2. The molecule has 7 rings (SSSR count). The van der Waals surface area contributed by atoms with E-state index in [1.165, 1.54) is 25.6 Å². The summed E-state index contributed by atoms with van der Waals surface area (Å²) in [4.78, 5) is 43.9. The summed E-state index contributed by atoms with van der Waals surface area (Å²) in [6.07, 6.45) is 11.3. The van der Waals surface area contributed by atoms with Gasteiger partial charge in [0, 0.05) is 31.9 Å². The van der Waals surface area contributed by atoms with Crippen LogP contribution in [0, 0.1) is 0 Å². The predicted octanol–water partition coefficient (Wildman–Crippen LogP) is 4.89. The molecular weight excluding hydrogens is 556 g/mol. The fourth-order valence-electron chi connectivity index (χ4n) is 6.23. The van der Waals surface area contributed by atoms with E-state index in [0.29, 0.717) is 40.8 Å². The van der Waals surface area contributed by atoms with Crippen LogP contribution >= 0.6 is 0 Å². The van der Waals surface area contributed by atoms with E-state index in [4.69, 9.17) is 10.2 Å². The van der Waals surface area contributed by atoms with Gasteiger partial charge in [-0.2, -0.15) is 4.98 Å². The number of hydrogen-bond donors (Lipinski definition) is 2. The highest BCUT2D eigenvalue weighted by molar-refractivity contribution is 6.14. The first-order valence-electron chi connectivity index (χ1n) is 15.1. The molecular formula is C33H34N8O3. The van der Waals surface area contributed by atoms with E-state index in [1.54, 1.807) is 12.3 Å². The Morgan fingerprint density at radius 2 is 1.86 bits per heavy atom. The number of fused-ring (bicyclic) bond motifs is 2. The van der Waals surface area contributed by atoms with Gasteiger partial charge < -0.3 is 19.6 Å². The number of nitrogens with zero attached hydrogens (tertiary/aromatic N) is 6. The Labute approximate surface area is 254 Å². The SMILES string of the molecule is Nc1ncnc2c1c(C(=O)Nc1nc3cc(-c4ccccc4)ccc3o1)cn2C1CCN(C(=O)/C=C/CN2CCCCC2)C1. The quantitative estimate of drug-likeness (QED) is 0.256. The van der Waals surface area contributed by atoms with Crippen molar-refractivity contribution in [2.75, 3.05) is 43.8 Å². The van der Waals surface area contributed by atoms with Gasteiger partial charge in [0.1, 0.15) is 23.3 Å². The summed E-state index contributed by atoms with van der Waals surface area (Å²) < 4.78 is 7.78. The number of benzene rings is 2. The summed E-state index contributed by atoms with van der Waals surface area (Å²) in [7, 11) is 0. The Bertz CT molecular complexity index is 1860. The number of rotatable bonds is 7. The van der Waals surface area contributed by atoms with E-state index in [9.17, 15) is 9.59 Å². The summed E-state index contributed by atoms with van der Waals surface area (Å²) in [5.74, 6) is -0.230. The lowest BCUT2D eigenvalue weighted by atomic mass is 10.1. The number of amides is 2. The van der Waals surface area contributed by atoms with Gasteiger partial charge in [-0.25, -0.2) is 9.97 Å². The Kier molecular flexibility index (Phi) is 7.53. The molecule has 0 bridgehead atoms. The van der Waals surface area contributed by atoms with Crippen molar-refractivity contribution < 1.29 is 14.0 Å². The lowest BCUT2D eigenvalue weighted by molar-refractivity contribution is -0.125. The monoisotopic (exact) mass is 590 g/mol. The number of nitrogens with one attached hydrogen (secondary N) is 1. The molecule has 0 saturated carbocycles. The number of carbonyl (C=O) groups is 2. The highest BCUT2D eigenvalue weighted by Gasteiger charge is 2.30. The van der Waals surface area contributed by atoms with Gasteiger partial charge in [0.15, 0.2) is 5.58 Å². The Balaban J connectivity index is 1.08. The molecule has 5 heterocycles. The summed E-state index contributed by atoms with van der Waals surface area (Å²) in [5.41, 5.74) is 10.4. The van der Waals surface area contributed by atoms with Crippen molar-refractivity contribution in [1.82, 2.24) is 29.3 Å². The van der Waals surface area contributed by atoms with Crippen LogP contribution in [0.4, 0.5) is 11.8 Å². The van der Waals surface area contributed by atoms with Crippen molar-refractivity contribution in [3.63, 3.8) is 0 Å². The second-order valence-electron chi connectivity index (χ2n) is 11.4. The first kappa shape index (κ1) is 27.8. The molecule has 224 valence electrons. The van der Waals surface area contributed by atoms with E-state index in [1.807, 2.05) is 64.1 Å². The molecule has 3 aromatic heterocycles.